The number of hydrogen-bond acceptors (Lipinski definition) is 6. The minimum absolute atomic E-state index is 0.0158. The van der Waals surface area contributed by atoms with Crippen molar-refractivity contribution in [1.29, 1.82) is 0 Å². The van der Waals surface area contributed by atoms with Crippen molar-refractivity contribution in [2.24, 2.45) is 4.99 Å². The molecule has 3 aromatic carbocycles. The lowest BCUT2D eigenvalue weighted by atomic mass is 10.1. The summed E-state index contributed by atoms with van der Waals surface area (Å²) < 4.78 is 10.9. The van der Waals surface area contributed by atoms with Gasteiger partial charge in [0.25, 0.3) is 0 Å². The van der Waals surface area contributed by atoms with Gasteiger partial charge < -0.3 is 19.4 Å². The third-order valence-corrected chi connectivity index (χ3v) is 4.36. The van der Waals surface area contributed by atoms with E-state index in [4.69, 9.17) is 9.15 Å². The number of benzene rings is 3. The molecule has 1 aromatic heterocycles. The van der Waals surface area contributed by atoms with Crippen molar-refractivity contribution < 1.29 is 19.4 Å². The van der Waals surface area contributed by atoms with E-state index in [0.717, 1.165) is 11.1 Å². The lowest BCUT2D eigenvalue weighted by Crippen LogP contribution is -1.88. The minimum Gasteiger partial charge on any atom is -0.507 e. The molecule has 6 heteroatoms. The second kappa shape index (κ2) is 7.08. The van der Waals surface area contributed by atoms with E-state index in [0.29, 0.717) is 34.0 Å². The molecule has 0 fully saturated rings. The number of para-hydroxylation sites is 1. The van der Waals surface area contributed by atoms with Gasteiger partial charge in [-0.2, -0.15) is 0 Å². The van der Waals surface area contributed by atoms with Gasteiger partial charge in [-0.25, -0.2) is 4.98 Å². The van der Waals surface area contributed by atoms with Gasteiger partial charge in [-0.3, -0.25) is 4.99 Å². The van der Waals surface area contributed by atoms with Crippen LogP contribution in [0.2, 0.25) is 0 Å². The van der Waals surface area contributed by atoms with E-state index in [-0.39, 0.29) is 11.5 Å². The molecular formula is C22H18N2O4. The Morgan fingerprint density at radius 3 is 2.75 bits per heavy atom. The molecule has 6 nitrogen and oxygen atoms in total. The van der Waals surface area contributed by atoms with Crippen LogP contribution >= 0.6 is 0 Å². The van der Waals surface area contributed by atoms with Crippen molar-refractivity contribution in [2.45, 2.75) is 6.92 Å². The summed E-state index contributed by atoms with van der Waals surface area (Å²) in [4.78, 5) is 8.85. The Labute approximate surface area is 161 Å². The van der Waals surface area contributed by atoms with E-state index in [9.17, 15) is 10.2 Å². The van der Waals surface area contributed by atoms with Gasteiger partial charge in [0.2, 0.25) is 5.89 Å². The van der Waals surface area contributed by atoms with Crippen LogP contribution in [-0.2, 0) is 0 Å². The first-order valence-corrected chi connectivity index (χ1v) is 8.66. The number of aromatic nitrogens is 1. The first-order valence-electron chi connectivity index (χ1n) is 8.66. The number of aryl methyl sites for hydroxylation is 1. The Balaban J connectivity index is 1.71. The number of fused-ring (bicyclic) bond motifs is 1. The van der Waals surface area contributed by atoms with Crippen molar-refractivity contribution >= 4 is 23.0 Å². The van der Waals surface area contributed by atoms with E-state index >= 15 is 0 Å². The smallest absolute Gasteiger partial charge is 0.231 e. The molecule has 1 heterocycles. The van der Waals surface area contributed by atoms with Crippen LogP contribution in [0.15, 0.2) is 64.0 Å². The summed E-state index contributed by atoms with van der Waals surface area (Å²) in [6.45, 7) is 1.98. The van der Waals surface area contributed by atoms with E-state index in [1.807, 2.05) is 25.1 Å². The van der Waals surface area contributed by atoms with E-state index in [1.54, 1.807) is 30.3 Å². The summed E-state index contributed by atoms with van der Waals surface area (Å²) in [5.74, 6) is 0.755. The van der Waals surface area contributed by atoms with Crippen molar-refractivity contribution in [1.82, 2.24) is 4.98 Å². The molecule has 4 rings (SSSR count). The van der Waals surface area contributed by atoms with Crippen LogP contribution in [0, 0.1) is 6.92 Å². The highest BCUT2D eigenvalue weighted by molar-refractivity contribution is 5.87. The number of phenols is 2. The first-order chi connectivity index (χ1) is 13.5. The molecule has 4 aromatic rings. The summed E-state index contributed by atoms with van der Waals surface area (Å²) in [7, 11) is 1.49. The highest BCUT2D eigenvalue weighted by Crippen LogP contribution is 2.34. The highest BCUT2D eigenvalue weighted by atomic mass is 16.5. The van der Waals surface area contributed by atoms with E-state index in [1.165, 1.54) is 19.4 Å². The second-order valence-corrected chi connectivity index (χ2v) is 6.35. The maximum Gasteiger partial charge on any atom is 0.231 e. The fraction of sp³-hybridized carbons (Fsp3) is 0.0909. The molecule has 0 saturated carbocycles. The number of nitrogens with zero attached hydrogens (tertiary/aromatic N) is 2. The van der Waals surface area contributed by atoms with E-state index < -0.39 is 0 Å². The van der Waals surface area contributed by atoms with Crippen LogP contribution in [0.25, 0.3) is 22.6 Å². The predicted molar refractivity (Wildman–Crippen MR) is 108 cm³/mol. The molecule has 0 aliphatic rings. The van der Waals surface area contributed by atoms with Crippen molar-refractivity contribution in [3.05, 3.63) is 65.7 Å². The zero-order valence-corrected chi connectivity index (χ0v) is 15.4. The van der Waals surface area contributed by atoms with Crippen LogP contribution in [0.5, 0.6) is 17.2 Å². The normalized spacial score (nSPS) is 11.4. The number of phenolic OH excluding ortho intramolecular Hbond substituents is 2. The lowest BCUT2D eigenvalue weighted by Gasteiger charge is -2.05. The molecule has 0 saturated heterocycles. The first kappa shape index (κ1) is 17.6. The molecule has 0 radical (unpaired) electrons. The molecule has 0 aliphatic carbocycles. The SMILES string of the molecule is COc1cccc(C=Nc2ccc(O)c(-c3nc4cc(C)ccc4o3)c2)c1O. The van der Waals surface area contributed by atoms with Gasteiger partial charge in [-0.1, -0.05) is 12.1 Å². The molecule has 140 valence electrons. The summed E-state index contributed by atoms with van der Waals surface area (Å²) in [5, 5.41) is 20.4. The van der Waals surface area contributed by atoms with Crippen LogP contribution in [-0.4, -0.2) is 28.5 Å². The van der Waals surface area contributed by atoms with E-state index in [2.05, 4.69) is 9.98 Å². The number of aromatic hydroxyl groups is 2. The molecule has 0 spiro atoms. The van der Waals surface area contributed by atoms with Crippen molar-refractivity contribution in [2.75, 3.05) is 7.11 Å². The zero-order valence-electron chi connectivity index (χ0n) is 15.4. The molecule has 0 aliphatic heterocycles. The largest absolute Gasteiger partial charge is 0.507 e. The van der Waals surface area contributed by atoms with Gasteiger partial charge in [-0.05, 0) is 55.0 Å². The number of ether oxygens (including phenoxy) is 1. The maximum atomic E-state index is 10.3. The number of methoxy groups -OCH3 is 1. The Hall–Kier alpha value is -3.80. The number of rotatable bonds is 4. The molecule has 28 heavy (non-hydrogen) atoms. The molecule has 0 unspecified atom stereocenters. The lowest BCUT2D eigenvalue weighted by molar-refractivity contribution is 0.373. The fourth-order valence-corrected chi connectivity index (χ4v) is 2.88. The third kappa shape index (κ3) is 3.27. The third-order valence-electron chi connectivity index (χ3n) is 4.36. The Morgan fingerprint density at radius 2 is 1.93 bits per heavy atom. The summed E-state index contributed by atoms with van der Waals surface area (Å²) in [5.41, 5.74) is 3.99. The summed E-state index contributed by atoms with van der Waals surface area (Å²) in [6, 6.07) is 15.8. The zero-order chi connectivity index (χ0) is 19.7. The average Bonchev–Trinajstić information content (AvgIpc) is 3.11. The molecule has 0 bridgehead atoms. The fourth-order valence-electron chi connectivity index (χ4n) is 2.88. The Bertz CT molecular complexity index is 1190. The number of hydrogen-bond donors (Lipinski definition) is 2. The second-order valence-electron chi connectivity index (χ2n) is 6.35. The van der Waals surface area contributed by atoms with Gasteiger partial charge in [0.05, 0.1) is 18.4 Å². The number of oxazole rings is 1. The van der Waals surface area contributed by atoms with Gasteiger partial charge >= 0.3 is 0 Å². The minimum atomic E-state index is 0.0158. The van der Waals surface area contributed by atoms with Gasteiger partial charge in [0, 0.05) is 11.8 Å². The van der Waals surface area contributed by atoms with Gasteiger partial charge in [-0.15, -0.1) is 0 Å². The quantitative estimate of drug-likeness (QED) is 0.492. The predicted octanol–water partition coefficient (Wildman–Crippen LogP) is 4.97. The molecule has 0 amide bonds. The van der Waals surface area contributed by atoms with Crippen LogP contribution in [0.1, 0.15) is 11.1 Å². The van der Waals surface area contributed by atoms with Crippen molar-refractivity contribution in [3.63, 3.8) is 0 Å². The maximum absolute atomic E-state index is 10.3. The Kier molecular flexibility index (Phi) is 4.45. The van der Waals surface area contributed by atoms with Crippen molar-refractivity contribution in [3.8, 4) is 28.7 Å². The van der Waals surface area contributed by atoms with Gasteiger partial charge in [0.1, 0.15) is 11.3 Å². The van der Waals surface area contributed by atoms with Gasteiger partial charge in [0.15, 0.2) is 17.1 Å². The standard InChI is InChI=1S/C22H18N2O4/c1-13-6-9-19-17(10-13)24-22(28-19)16-11-15(7-8-18(16)25)23-12-14-4-3-5-20(27-2)21(14)26/h3-12,25-26H,1-2H3. The topological polar surface area (TPSA) is 88.1 Å². The van der Waals surface area contributed by atoms with Crippen LogP contribution in [0.3, 0.4) is 0 Å². The van der Waals surface area contributed by atoms with Crippen LogP contribution < -0.4 is 4.74 Å². The molecule has 0 atom stereocenters. The Morgan fingerprint density at radius 1 is 1.07 bits per heavy atom. The molecule has 2 N–H and O–H groups in total. The highest BCUT2D eigenvalue weighted by Gasteiger charge is 2.13. The average molecular weight is 374 g/mol. The summed E-state index contributed by atoms with van der Waals surface area (Å²) in [6.07, 6.45) is 1.53. The summed E-state index contributed by atoms with van der Waals surface area (Å²) >= 11 is 0. The monoisotopic (exact) mass is 374 g/mol. The molecular weight excluding hydrogens is 356 g/mol. The van der Waals surface area contributed by atoms with Crippen LogP contribution in [0.4, 0.5) is 5.69 Å². The number of aliphatic imine (C=N–C) groups is 1.